The molecule has 0 spiro atoms. The van der Waals surface area contributed by atoms with Crippen LogP contribution in [0.3, 0.4) is 0 Å². The lowest BCUT2D eigenvalue weighted by atomic mass is 10.0. The number of aromatic amines is 1. The van der Waals surface area contributed by atoms with Crippen molar-refractivity contribution in [1.29, 1.82) is 0 Å². The number of aromatic nitrogens is 3. The Hall–Kier alpha value is -3.18. The number of benzene rings is 2. The average Bonchev–Trinajstić information content (AvgIpc) is 3.29. The Kier molecular flexibility index (Phi) is 6.40. The fourth-order valence-corrected chi connectivity index (χ4v) is 4.62. The highest BCUT2D eigenvalue weighted by Gasteiger charge is 2.15. The van der Waals surface area contributed by atoms with Gasteiger partial charge in [-0.15, -0.1) is 0 Å². The SMILES string of the molecule is CCCCCc1ccc(-c2[nH]nc3ncc(-c4ccc(N5CCN(C)CC5)cc4)cc23)cc1. The molecule has 4 aromatic rings. The van der Waals surface area contributed by atoms with Gasteiger partial charge in [0.1, 0.15) is 0 Å². The summed E-state index contributed by atoms with van der Waals surface area (Å²) in [4.78, 5) is 9.48. The second-order valence-electron chi connectivity index (χ2n) is 9.18. The highest BCUT2D eigenvalue weighted by Crippen LogP contribution is 2.30. The van der Waals surface area contributed by atoms with Gasteiger partial charge in [0.05, 0.1) is 5.69 Å². The molecule has 5 rings (SSSR count). The monoisotopic (exact) mass is 439 g/mol. The van der Waals surface area contributed by atoms with E-state index in [-0.39, 0.29) is 0 Å². The van der Waals surface area contributed by atoms with E-state index in [4.69, 9.17) is 0 Å². The smallest absolute Gasteiger partial charge is 0.181 e. The van der Waals surface area contributed by atoms with E-state index in [2.05, 4.69) is 93.5 Å². The van der Waals surface area contributed by atoms with Crippen LogP contribution in [0.25, 0.3) is 33.4 Å². The highest BCUT2D eigenvalue weighted by atomic mass is 15.2. The molecule has 33 heavy (non-hydrogen) atoms. The number of aryl methyl sites for hydroxylation is 1. The molecule has 3 heterocycles. The maximum absolute atomic E-state index is 4.63. The number of anilines is 1. The molecule has 0 unspecified atom stereocenters. The van der Waals surface area contributed by atoms with Gasteiger partial charge in [-0.1, -0.05) is 56.2 Å². The van der Waals surface area contributed by atoms with Crippen molar-refractivity contribution >= 4 is 16.7 Å². The average molecular weight is 440 g/mol. The number of nitrogens with one attached hydrogen (secondary N) is 1. The predicted molar refractivity (Wildman–Crippen MR) is 138 cm³/mol. The predicted octanol–water partition coefficient (Wildman–Crippen LogP) is 5.78. The van der Waals surface area contributed by atoms with Crippen LogP contribution < -0.4 is 4.90 Å². The summed E-state index contributed by atoms with van der Waals surface area (Å²) in [7, 11) is 2.19. The number of H-pyrrole nitrogens is 1. The van der Waals surface area contributed by atoms with E-state index in [1.807, 2.05) is 6.20 Å². The van der Waals surface area contributed by atoms with Crippen LogP contribution in [0.5, 0.6) is 0 Å². The Labute approximate surface area is 196 Å². The molecule has 1 saturated heterocycles. The normalized spacial score (nSPS) is 14.8. The maximum atomic E-state index is 4.63. The van der Waals surface area contributed by atoms with Crippen molar-refractivity contribution in [3.63, 3.8) is 0 Å². The van der Waals surface area contributed by atoms with Gasteiger partial charge in [0, 0.05) is 54.6 Å². The van der Waals surface area contributed by atoms with Crippen molar-refractivity contribution in [1.82, 2.24) is 20.1 Å². The number of fused-ring (bicyclic) bond motifs is 1. The first-order chi connectivity index (χ1) is 16.2. The van der Waals surface area contributed by atoms with Crippen molar-refractivity contribution in [2.24, 2.45) is 0 Å². The summed E-state index contributed by atoms with van der Waals surface area (Å²) in [5, 5.41) is 8.72. The highest BCUT2D eigenvalue weighted by molar-refractivity contribution is 5.93. The molecule has 5 heteroatoms. The van der Waals surface area contributed by atoms with E-state index in [0.717, 1.165) is 60.5 Å². The van der Waals surface area contributed by atoms with Gasteiger partial charge in [-0.25, -0.2) is 4.98 Å². The minimum absolute atomic E-state index is 0.759. The Balaban J connectivity index is 1.37. The zero-order valence-electron chi connectivity index (χ0n) is 19.7. The summed E-state index contributed by atoms with van der Waals surface area (Å²) in [6.45, 7) is 6.64. The Morgan fingerprint density at radius 3 is 2.30 bits per heavy atom. The molecule has 0 saturated carbocycles. The van der Waals surface area contributed by atoms with Gasteiger partial charge in [0.25, 0.3) is 0 Å². The third-order valence-electron chi connectivity index (χ3n) is 6.79. The van der Waals surface area contributed by atoms with Crippen LogP contribution in [0.2, 0.25) is 0 Å². The summed E-state index contributed by atoms with van der Waals surface area (Å²) in [6, 6.07) is 20.0. The van der Waals surface area contributed by atoms with Crippen LogP contribution in [0.4, 0.5) is 5.69 Å². The molecule has 1 aliphatic rings. The topological polar surface area (TPSA) is 48.1 Å². The van der Waals surface area contributed by atoms with Crippen molar-refractivity contribution in [2.45, 2.75) is 32.6 Å². The van der Waals surface area contributed by atoms with Gasteiger partial charge in [-0.05, 0) is 49.2 Å². The number of piperazine rings is 1. The van der Waals surface area contributed by atoms with Crippen molar-refractivity contribution in [2.75, 3.05) is 38.1 Å². The van der Waals surface area contributed by atoms with Crippen LogP contribution in [0, 0.1) is 0 Å². The number of hydrogen-bond donors (Lipinski definition) is 1. The van der Waals surface area contributed by atoms with Gasteiger partial charge in [0.2, 0.25) is 0 Å². The summed E-state index contributed by atoms with van der Waals surface area (Å²) in [5.74, 6) is 0. The van der Waals surface area contributed by atoms with Gasteiger partial charge in [-0.3, -0.25) is 5.10 Å². The van der Waals surface area contributed by atoms with Crippen LogP contribution in [-0.2, 0) is 6.42 Å². The fraction of sp³-hybridized carbons (Fsp3) is 0.357. The third-order valence-corrected chi connectivity index (χ3v) is 6.79. The van der Waals surface area contributed by atoms with Crippen LogP contribution >= 0.6 is 0 Å². The molecule has 0 amide bonds. The molecule has 0 bridgehead atoms. The number of unbranched alkanes of at least 4 members (excludes halogenated alkanes) is 2. The molecular formula is C28H33N5. The lowest BCUT2D eigenvalue weighted by Gasteiger charge is -2.34. The molecule has 0 atom stereocenters. The van der Waals surface area contributed by atoms with Crippen molar-refractivity contribution < 1.29 is 0 Å². The Morgan fingerprint density at radius 1 is 0.848 bits per heavy atom. The fourth-order valence-electron chi connectivity index (χ4n) is 4.62. The second-order valence-corrected chi connectivity index (χ2v) is 9.18. The first-order valence-corrected chi connectivity index (χ1v) is 12.2. The van der Waals surface area contributed by atoms with Crippen LogP contribution in [0.1, 0.15) is 31.7 Å². The Bertz CT molecular complexity index is 1190. The van der Waals surface area contributed by atoms with E-state index < -0.39 is 0 Å². The molecule has 0 radical (unpaired) electrons. The molecular weight excluding hydrogens is 406 g/mol. The molecule has 2 aromatic heterocycles. The van der Waals surface area contributed by atoms with Gasteiger partial charge >= 0.3 is 0 Å². The van der Waals surface area contributed by atoms with Gasteiger partial charge < -0.3 is 9.80 Å². The van der Waals surface area contributed by atoms with Crippen LogP contribution in [0.15, 0.2) is 60.8 Å². The van der Waals surface area contributed by atoms with Crippen molar-refractivity contribution in [3.05, 3.63) is 66.4 Å². The van der Waals surface area contributed by atoms with E-state index in [9.17, 15) is 0 Å². The number of hydrogen-bond acceptors (Lipinski definition) is 4. The zero-order valence-corrected chi connectivity index (χ0v) is 19.7. The van der Waals surface area contributed by atoms with E-state index in [1.165, 1.54) is 36.1 Å². The Morgan fingerprint density at radius 2 is 1.58 bits per heavy atom. The molecule has 2 aromatic carbocycles. The van der Waals surface area contributed by atoms with E-state index >= 15 is 0 Å². The molecule has 1 fully saturated rings. The molecule has 1 N–H and O–H groups in total. The summed E-state index contributed by atoms with van der Waals surface area (Å²) in [5.41, 5.74) is 7.94. The van der Waals surface area contributed by atoms with Gasteiger partial charge in [-0.2, -0.15) is 5.10 Å². The first kappa shape index (κ1) is 21.7. The minimum Gasteiger partial charge on any atom is -0.369 e. The molecule has 0 aliphatic carbocycles. The lowest BCUT2D eigenvalue weighted by molar-refractivity contribution is 0.313. The number of rotatable bonds is 7. The second kappa shape index (κ2) is 9.75. The summed E-state index contributed by atoms with van der Waals surface area (Å²) in [6.07, 6.45) is 6.87. The molecule has 1 aliphatic heterocycles. The molecule has 170 valence electrons. The largest absolute Gasteiger partial charge is 0.369 e. The minimum atomic E-state index is 0.759. The van der Waals surface area contributed by atoms with E-state index in [0.29, 0.717) is 0 Å². The molecule has 5 nitrogen and oxygen atoms in total. The van der Waals surface area contributed by atoms with E-state index in [1.54, 1.807) is 0 Å². The van der Waals surface area contributed by atoms with Gasteiger partial charge in [0.15, 0.2) is 5.65 Å². The standard InChI is InChI=1S/C28H33N5/c1-3-4-5-6-21-7-9-23(10-8-21)27-26-19-24(20-29-28(26)31-30-27)22-11-13-25(14-12-22)33-17-15-32(2)16-18-33/h7-14,19-20H,3-6,15-18H2,1-2H3,(H,29,30,31). The quantitative estimate of drug-likeness (QED) is 0.371. The number of likely N-dealkylation sites (N-methyl/N-ethyl adjacent to an activating group) is 1. The number of pyridine rings is 1. The first-order valence-electron chi connectivity index (χ1n) is 12.2. The third kappa shape index (κ3) is 4.79. The number of nitrogens with zero attached hydrogens (tertiary/aromatic N) is 4. The lowest BCUT2D eigenvalue weighted by Crippen LogP contribution is -2.44. The van der Waals surface area contributed by atoms with Crippen LogP contribution in [-0.4, -0.2) is 53.3 Å². The summed E-state index contributed by atoms with van der Waals surface area (Å²) < 4.78 is 0. The summed E-state index contributed by atoms with van der Waals surface area (Å²) >= 11 is 0. The maximum Gasteiger partial charge on any atom is 0.181 e. The zero-order chi connectivity index (χ0) is 22.6. The van der Waals surface area contributed by atoms with Crippen molar-refractivity contribution in [3.8, 4) is 22.4 Å².